The van der Waals surface area contributed by atoms with Crippen molar-refractivity contribution in [2.75, 3.05) is 6.54 Å². The van der Waals surface area contributed by atoms with Crippen molar-refractivity contribution < 1.29 is 0 Å². The number of nitrogens with one attached hydrogen (secondary N) is 1. The molecule has 1 aromatic heterocycles. The molecule has 1 aliphatic rings. The Bertz CT molecular complexity index is 627. The van der Waals surface area contributed by atoms with E-state index in [0.717, 1.165) is 18.8 Å². The van der Waals surface area contributed by atoms with E-state index in [1.807, 2.05) is 11.7 Å². The lowest BCUT2D eigenvalue weighted by Crippen LogP contribution is -2.24. The summed E-state index contributed by atoms with van der Waals surface area (Å²) in [5.74, 6) is 0.659. The van der Waals surface area contributed by atoms with Gasteiger partial charge in [-0.2, -0.15) is 5.10 Å². The highest BCUT2D eigenvalue weighted by Gasteiger charge is 2.19. The van der Waals surface area contributed by atoms with E-state index in [0.29, 0.717) is 5.92 Å². The van der Waals surface area contributed by atoms with Crippen molar-refractivity contribution in [1.82, 2.24) is 15.1 Å². The van der Waals surface area contributed by atoms with Crippen molar-refractivity contribution in [3.63, 3.8) is 0 Å². The van der Waals surface area contributed by atoms with Crippen LogP contribution in [0.2, 0.25) is 0 Å². The molecule has 112 valence electrons. The molecule has 1 unspecified atom stereocenters. The minimum Gasteiger partial charge on any atom is -0.312 e. The van der Waals surface area contributed by atoms with Crippen molar-refractivity contribution in [2.45, 2.75) is 45.6 Å². The molecule has 2 aromatic rings. The molecule has 0 amide bonds. The molecule has 0 saturated carbocycles. The van der Waals surface area contributed by atoms with Crippen LogP contribution in [0, 0.1) is 13.8 Å². The maximum Gasteiger partial charge on any atom is 0.0641 e. The van der Waals surface area contributed by atoms with E-state index >= 15 is 0 Å². The molecule has 21 heavy (non-hydrogen) atoms. The zero-order valence-corrected chi connectivity index (χ0v) is 13.3. The van der Waals surface area contributed by atoms with Gasteiger partial charge < -0.3 is 5.32 Å². The summed E-state index contributed by atoms with van der Waals surface area (Å²) in [6.45, 7) is 6.22. The molecule has 3 rings (SSSR count). The van der Waals surface area contributed by atoms with E-state index in [4.69, 9.17) is 0 Å². The molecule has 0 fully saturated rings. The summed E-state index contributed by atoms with van der Waals surface area (Å²) in [7, 11) is 2.02. The number of hydrogen-bond acceptors (Lipinski definition) is 2. The third-order valence-corrected chi connectivity index (χ3v) is 4.85. The number of nitrogens with zero attached hydrogens (tertiary/aromatic N) is 2. The van der Waals surface area contributed by atoms with Crippen LogP contribution in [0.1, 0.15) is 46.8 Å². The second-order valence-corrected chi connectivity index (χ2v) is 6.19. The van der Waals surface area contributed by atoms with E-state index in [-0.39, 0.29) is 0 Å². The first kappa shape index (κ1) is 14.3. The van der Waals surface area contributed by atoms with Crippen molar-refractivity contribution in [2.24, 2.45) is 7.05 Å². The number of fused-ring (bicyclic) bond motifs is 1. The van der Waals surface area contributed by atoms with Crippen LogP contribution in [0.15, 0.2) is 24.3 Å². The number of rotatable bonds is 4. The van der Waals surface area contributed by atoms with Crippen molar-refractivity contribution in [3.8, 4) is 0 Å². The Hall–Kier alpha value is -1.61. The highest BCUT2D eigenvalue weighted by atomic mass is 15.3. The second kappa shape index (κ2) is 6.02. The molecule has 1 heterocycles. The molecule has 0 radical (unpaired) electrons. The Kier molecular flexibility index (Phi) is 4.11. The maximum atomic E-state index is 4.49. The summed E-state index contributed by atoms with van der Waals surface area (Å²) in [5.41, 5.74) is 6.86. The maximum absolute atomic E-state index is 4.49. The monoisotopic (exact) mass is 283 g/mol. The van der Waals surface area contributed by atoms with Gasteiger partial charge in [-0.25, -0.2) is 0 Å². The van der Waals surface area contributed by atoms with E-state index in [9.17, 15) is 0 Å². The Labute approximate surface area is 127 Å². The van der Waals surface area contributed by atoms with E-state index in [1.54, 1.807) is 11.1 Å². The van der Waals surface area contributed by atoms with Gasteiger partial charge in [0.2, 0.25) is 0 Å². The Morgan fingerprint density at radius 3 is 2.86 bits per heavy atom. The van der Waals surface area contributed by atoms with E-state index in [1.165, 1.54) is 30.5 Å². The van der Waals surface area contributed by atoms with Gasteiger partial charge in [0.1, 0.15) is 0 Å². The van der Waals surface area contributed by atoms with Gasteiger partial charge in [0.05, 0.1) is 5.69 Å². The second-order valence-electron chi connectivity index (χ2n) is 6.19. The van der Waals surface area contributed by atoms with Gasteiger partial charge in [-0.15, -0.1) is 0 Å². The molecular formula is C18H25N3. The summed E-state index contributed by atoms with van der Waals surface area (Å²) >= 11 is 0. The van der Waals surface area contributed by atoms with Gasteiger partial charge in [-0.05, 0) is 50.2 Å². The van der Waals surface area contributed by atoms with Crippen LogP contribution >= 0.6 is 0 Å². The fraction of sp³-hybridized carbons (Fsp3) is 0.500. The van der Waals surface area contributed by atoms with E-state index < -0.39 is 0 Å². The predicted octanol–water partition coefficient (Wildman–Crippen LogP) is 3.25. The fourth-order valence-corrected chi connectivity index (χ4v) is 3.51. The third kappa shape index (κ3) is 2.88. The van der Waals surface area contributed by atoms with Crippen LogP contribution in [-0.4, -0.2) is 16.3 Å². The summed E-state index contributed by atoms with van der Waals surface area (Å²) < 4.78 is 1.97. The first-order valence-corrected chi connectivity index (χ1v) is 7.94. The van der Waals surface area contributed by atoms with Crippen LogP contribution < -0.4 is 5.32 Å². The van der Waals surface area contributed by atoms with Gasteiger partial charge in [0.25, 0.3) is 0 Å². The highest BCUT2D eigenvalue weighted by Crippen LogP contribution is 2.30. The molecule has 0 saturated heterocycles. The molecule has 1 N–H and O–H groups in total. The predicted molar refractivity (Wildman–Crippen MR) is 86.5 cm³/mol. The average Bonchev–Trinajstić information content (AvgIpc) is 2.73. The Balaban J connectivity index is 1.64. The molecule has 1 atom stereocenters. The fourth-order valence-electron chi connectivity index (χ4n) is 3.51. The number of aromatic nitrogens is 2. The topological polar surface area (TPSA) is 29.9 Å². The molecule has 0 spiro atoms. The summed E-state index contributed by atoms with van der Waals surface area (Å²) in [6.07, 6.45) is 3.86. The van der Waals surface area contributed by atoms with Crippen LogP contribution in [-0.2, 0) is 20.0 Å². The van der Waals surface area contributed by atoms with Crippen LogP contribution in [0.3, 0.4) is 0 Å². The minimum absolute atomic E-state index is 0.659. The molecule has 0 bridgehead atoms. The average molecular weight is 283 g/mol. The number of hydrogen-bond donors (Lipinski definition) is 1. The first-order valence-electron chi connectivity index (χ1n) is 7.94. The molecule has 3 nitrogen and oxygen atoms in total. The van der Waals surface area contributed by atoms with Crippen LogP contribution in [0.4, 0.5) is 0 Å². The lowest BCUT2D eigenvalue weighted by Gasteiger charge is -2.25. The van der Waals surface area contributed by atoms with Crippen molar-refractivity contribution >= 4 is 0 Å². The normalized spacial score (nSPS) is 17.8. The minimum atomic E-state index is 0.659. The summed E-state index contributed by atoms with van der Waals surface area (Å²) in [4.78, 5) is 0. The number of aryl methyl sites for hydroxylation is 3. The van der Waals surface area contributed by atoms with Crippen molar-refractivity contribution in [3.05, 3.63) is 52.3 Å². The smallest absolute Gasteiger partial charge is 0.0641 e. The van der Waals surface area contributed by atoms with Crippen LogP contribution in [0.5, 0.6) is 0 Å². The largest absolute Gasteiger partial charge is 0.312 e. The number of benzene rings is 1. The first-order chi connectivity index (χ1) is 10.2. The van der Waals surface area contributed by atoms with Gasteiger partial charge in [-0.3, -0.25) is 4.68 Å². The summed E-state index contributed by atoms with van der Waals surface area (Å²) in [6, 6.07) is 8.93. The molecule has 1 aliphatic carbocycles. The summed E-state index contributed by atoms with van der Waals surface area (Å²) in [5, 5.41) is 8.14. The molecule has 3 heteroatoms. The van der Waals surface area contributed by atoms with Gasteiger partial charge in [0, 0.05) is 31.4 Å². The van der Waals surface area contributed by atoms with Gasteiger partial charge in [0.15, 0.2) is 0 Å². The van der Waals surface area contributed by atoms with Crippen molar-refractivity contribution in [1.29, 1.82) is 0 Å². The lowest BCUT2D eigenvalue weighted by atomic mass is 9.83. The molecular weight excluding hydrogens is 258 g/mol. The third-order valence-electron chi connectivity index (χ3n) is 4.85. The Morgan fingerprint density at radius 2 is 2.10 bits per heavy atom. The zero-order chi connectivity index (χ0) is 14.8. The van der Waals surface area contributed by atoms with Gasteiger partial charge in [-0.1, -0.05) is 24.3 Å². The highest BCUT2D eigenvalue weighted by molar-refractivity contribution is 5.33. The quantitative estimate of drug-likeness (QED) is 0.933. The molecule has 1 aromatic carbocycles. The Morgan fingerprint density at radius 1 is 1.29 bits per heavy atom. The van der Waals surface area contributed by atoms with Crippen LogP contribution in [0.25, 0.3) is 0 Å². The van der Waals surface area contributed by atoms with Gasteiger partial charge >= 0.3 is 0 Å². The standard InChI is InChI=1S/C18H25N3/c1-13-18(14(2)21(3)20-13)12-19-11-16-9-6-8-15-7-4-5-10-17(15)16/h4-5,7,10,16,19H,6,8-9,11-12H2,1-3H3. The zero-order valence-electron chi connectivity index (χ0n) is 13.3. The van der Waals surface area contributed by atoms with E-state index in [2.05, 4.69) is 48.5 Å². The lowest BCUT2D eigenvalue weighted by molar-refractivity contribution is 0.506. The molecule has 0 aliphatic heterocycles. The SMILES string of the molecule is Cc1nn(C)c(C)c1CNCC1CCCc2ccccc21.